The van der Waals surface area contributed by atoms with Crippen LogP contribution in [0.2, 0.25) is 0 Å². The van der Waals surface area contributed by atoms with Crippen LogP contribution in [0.15, 0.2) is 12.3 Å². The Morgan fingerprint density at radius 1 is 1.59 bits per heavy atom. The molecule has 0 aliphatic heterocycles. The average Bonchev–Trinajstić information content (AvgIpc) is 2.67. The summed E-state index contributed by atoms with van der Waals surface area (Å²) in [6.07, 6.45) is 3.20. The highest BCUT2D eigenvalue weighted by molar-refractivity contribution is 7.99. The lowest BCUT2D eigenvalue weighted by Crippen LogP contribution is -2.25. The Morgan fingerprint density at radius 2 is 2.35 bits per heavy atom. The molecule has 0 saturated carbocycles. The third kappa shape index (κ3) is 4.84. The Morgan fingerprint density at radius 3 is 2.94 bits per heavy atom. The summed E-state index contributed by atoms with van der Waals surface area (Å²) < 4.78 is 1.87. The number of nitrogens with one attached hydrogen (secondary N) is 1. The van der Waals surface area contributed by atoms with Gasteiger partial charge in [-0.15, -0.1) is 0 Å². The summed E-state index contributed by atoms with van der Waals surface area (Å²) in [6.45, 7) is 5.24. The first-order chi connectivity index (χ1) is 8.17. The molecule has 0 fully saturated rings. The first-order valence-corrected chi connectivity index (χ1v) is 7.19. The van der Waals surface area contributed by atoms with Gasteiger partial charge in [-0.1, -0.05) is 6.92 Å². The van der Waals surface area contributed by atoms with E-state index in [-0.39, 0.29) is 0 Å². The summed E-state index contributed by atoms with van der Waals surface area (Å²) in [5.41, 5.74) is 1.90. The highest BCUT2D eigenvalue weighted by atomic mass is 32.2. The Hall–Kier alpha value is -0.920. The molecule has 94 valence electrons. The van der Waals surface area contributed by atoms with Gasteiger partial charge in [0.1, 0.15) is 11.8 Å². The van der Waals surface area contributed by atoms with Gasteiger partial charge in [0.2, 0.25) is 0 Å². The summed E-state index contributed by atoms with van der Waals surface area (Å²) in [4.78, 5) is 0. The van der Waals surface area contributed by atoms with Gasteiger partial charge in [0.05, 0.1) is 0 Å². The van der Waals surface area contributed by atoms with Crippen LogP contribution in [-0.4, -0.2) is 22.1 Å². The fourth-order valence-corrected chi connectivity index (χ4v) is 2.45. The fraction of sp³-hybridized carbons (Fsp3) is 0.615. The van der Waals surface area contributed by atoms with Crippen molar-refractivity contribution in [1.29, 1.82) is 5.26 Å². The standard InChI is InChI=1S/C13H21N3S/c1-4-17-6-5-11(2)15-9-12-7-13(8-14)16(3)10-12/h7,10-11,15H,4-6,9H2,1-3H3. The number of aromatic nitrogens is 1. The first-order valence-electron chi connectivity index (χ1n) is 6.03. The molecule has 1 N–H and O–H groups in total. The summed E-state index contributed by atoms with van der Waals surface area (Å²) in [5, 5.41) is 12.3. The minimum atomic E-state index is 0.528. The Kier molecular flexibility index (Phi) is 6.17. The molecule has 0 radical (unpaired) electrons. The monoisotopic (exact) mass is 251 g/mol. The average molecular weight is 251 g/mol. The molecule has 17 heavy (non-hydrogen) atoms. The molecule has 1 unspecified atom stereocenters. The summed E-state index contributed by atoms with van der Waals surface area (Å²) >= 11 is 1.98. The van der Waals surface area contributed by atoms with E-state index in [1.54, 1.807) is 0 Å². The van der Waals surface area contributed by atoms with Gasteiger partial charge in [-0.3, -0.25) is 0 Å². The first kappa shape index (κ1) is 14.1. The van der Waals surface area contributed by atoms with E-state index in [9.17, 15) is 0 Å². The third-order valence-electron chi connectivity index (χ3n) is 2.73. The molecule has 0 aliphatic rings. The van der Waals surface area contributed by atoms with Crippen molar-refractivity contribution < 1.29 is 0 Å². The van der Waals surface area contributed by atoms with Crippen molar-refractivity contribution >= 4 is 11.8 Å². The van der Waals surface area contributed by atoms with Crippen LogP contribution in [0.25, 0.3) is 0 Å². The third-order valence-corrected chi connectivity index (χ3v) is 3.66. The number of aryl methyl sites for hydroxylation is 1. The van der Waals surface area contributed by atoms with Crippen molar-refractivity contribution in [2.75, 3.05) is 11.5 Å². The Balaban J connectivity index is 2.32. The van der Waals surface area contributed by atoms with Crippen LogP contribution in [0.3, 0.4) is 0 Å². The van der Waals surface area contributed by atoms with E-state index in [0.29, 0.717) is 6.04 Å². The van der Waals surface area contributed by atoms with Crippen LogP contribution in [-0.2, 0) is 13.6 Å². The molecule has 1 aromatic rings. The summed E-state index contributed by atoms with van der Waals surface area (Å²) in [5.74, 6) is 2.40. The zero-order valence-electron chi connectivity index (χ0n) is 10.9. The molecule has 1 atom stereocenters. The number of nitriles is 1. The van der Waals surface area contributed by atoms with Crippen LogP contribution in [0, 0.1) is 11.3 Å². The lowest BCUT2D eigenvalue weighted by atomic mass is 10.2. The zero-order chi connectivity index (χ0) is 12.7. The van der Waals surface area contributed by atoms with E-state index in [2.05, 4.69) is 25.2 Å². The van der Waals surface area contributed by atoms with Crippen molar-refractivity contribution in [1.82, 2.24) is 9.88 Å². The van der Waals surface area contributed by atoms with E-state index < -0.39 is 0 Å². The van der Waals surface area contributed by atoms with E-state index >= 15 is 0 Å². The van der Waals surface area contributed by atoms with Gasteiger partial charge in [0.15, 0.2) is 0 Å². The number of hydrogen-bond acceptors (Lipinski definition) is 3. The van der Waals surface area contributed by atoms with Crippen LogP contribution < -0.4 is 5.32 Å². The molecule has 0 spiro atoms. The molecule has 1 rings (SSSR count). The van der Waals surface area contributed by atoms with Crippen molar-refractivity contribution in [2.24, 2.45) is 7.05 Å². The molecule has 0 amide bonds. The number of hydrogen-bond donors (Lipinski definition) is 1. The number of rotatable bonds is 7. The quantitative estimate of drug-likeness (QED) is 0.757. The molecule has 1 aromatic heterocycles. The van der Waals surface area contributed by atoms with E-state index in [0.717, 1.165) is 12.2 Å². The van der Waals surface area contributed by atoms with E-state index in [1.807, 2.05) is 35.6 Å². The summed E-state index contributed by atoms with van der Waals surface area (Å²) in [7, 11) is 1.91. The predicted molar refractivity (Wildman–Crippen MR) is 74.0 cm³/mol. The van der Waals surface area contributed by atoms with Crippen LogP contribution >= 0.6 is 11.8 Å². The fourth-order valence-electron chi connectivity index (χ4n) is 1.64. The van der Waals surface area contributed by atoms with Gasteiger partial charge in [0.25, 0.3) is 0 Å². The van der Waals surface area contributed by atoms with Gasteiger partial charge in [-0.25, -0.2) is 0 Å². The lowest BCUT2D eigenvalue weighted by Gasteiger charge is -2.12. The lowest BCUT2D eigenvalue weighted by molar-refractivity contribution is 0.537. The minimum Gasteiger partial charge on any atom is -0.342 e. The maximum atomic E-state index is 8.86. The maximum absolute atomic E-state index is 8.86. The predicted octanol–water partition coefficient (Wildman–Crippen LogP) is 2.52. The molecule has 3 nitrogen and oxygen atoms in total. The zero-order valence-corrected chi connectivity index (χ0v) is 11.7. The smallest absolute Gasteiger partial charge is 0.120 e. The second-order valence-electron chi connectivity index (χ2n) is 4.22. The normalized spacial score (nSPS) is 12.4. The maximum Gasteiger partial charge on any atom is 0.120 e. The van der Waals surface area contributed by atoms with Crippen LogP contribution in [0.4, 0.5) is 0 Å². The summed E-state index contributed by atoms with van der Waals surface area (Å²) in [6, 6.07) is 4.65. The molecule has 0 saturated heterocycles. The number of thioether (sulfide) groups is 1. The van der Waals surface area contributed by atoms with Crippen molar-refractivity contribution in [3.8, 4) is 6.07 Å². The highest BCUT2D eigenvalue weighted by Crippen LogP contribution is 2.08. The minimum absolute atomic E-state index is 0.528. The topological polar surface area (TPSA) is 40.8 Å². The van der Waals surface area contributed by atoms with Crippen molar-refractivity contribution in [3.05, 3.63) is 23.5 Å². The van der Waals surface area contributed by atoms with Crippen LogP contribution in [0.1, 0.15) is 31.5 Å². The van der Waals surface area contributed by atoms with Gasteiger partial charge in [-0.05, 0) is 36.5 Å². The molecule has 0 bridgehead atoms. The molecule has 4 heteroatoms. The van der Waals surface area contributed by atoms with Gasteiger partial charge in [-0.2, -0.15) is 17.0 Å². The number of nitrogens with zero attached hydrogens (tertiary/aromatic N) is 2. The molecular weight excluding hydrogens is 230 g/mol. The largest absolute Gasteiger partial charge is 0.342 e. The van der Waals surface area contributed by atoms with Gasteiger partial charge in [0, 0.05) is 25.8 Å². The SMILES string of the molecule is CCSCCC(C)NCc1cc(C#N)n(C)c1. The Labute approximate surface area is 108 Å². The molecule has 1 heterocycles. The molecule has 0 aromatic carbocycles. The molecular formula is C13H21N3S. The van der Waals surface area contributed by atoms with E-state index in [1.165, 1.54) is 23.5 Å². The van der Waals surface area contributed by atoms with Crippen LogP contribution in [0.5, 0.6) is 0 Å². The second kappa shape index (κ2) is 7.41. The second-order valence-corrected chi connectivity index (χ2v) is 5.62. The van der Waals surface area contributed by atoms with Gasteiger partial charge < -0.3 is 9.88 Å². The van der Waals surface area contributed by atoms with Crippen molar-refractivity contribution in [2.45, 2.75) is 32.9 Å². The molecule has 0 aliphatic carbocycles. The Bertz CT molecular complexity index is 379. The van der Waals surface area contributed by atoms with Crippen molar-refractivity contribution in [3.63, 3.8) is 0 Å². The van der Waals surface area contributed by atoms with E-state index in [4.69, 9.17) is 5.26 Å². The van der Waals surface area contributed by atoms with Gasteiger partial charge >= 0.3 is 0 Å². The highest BCUT2D eigenvalue weighted by Gasteiger charge is 2.04.